The summed E-state index contributed by atoms with van der Waals surface area (Å²) in [5.74, 6) is 1.55. The molecule has 0 aliphatic carbocycles. The number of halogens is 2. The smallest absolute Gasteiger partial charge is 0.250 e. The van der Waals surface area contributed by atoms with Crippen LogP contribution in [0.4, 0.5) is 5.69 Å². The van der Waals surface area contributed by atoms with Gasteiger partial charge in [0.1, 0.15) is 12.3 Å². The highest BCUT2D eigenvalue weighted by molar-refractivity contribution is 6.35. The monoisotopic (exact) mass is 420 g/mol. The molecular formula is C19H14Cl2N2O5. The van der Waals surface area contributed by atoms with Crippen molar-refractivity contribution >= 4 is 34.8 Å². The molecule has 1 aliphatic heterocycles. The predicted molar refractivity (Wildman–Crippen MR) is 103 cm³/mol. The molecule has 0 fully saturated rings. The number of anilines is 1. The van der Waals surface area contributed by atoms with Crippen LogP contribution in [-0.4, -0.2) is 24.5 Å². The van der Waals surface area contributed by atoms with E-state index in [1.54, 1.807) is 24.3 Å². The molecule has 0 unspecified atom stereocenters. The van der Waals surface area contributed by atoms with Crippen molar-refractivity contribution < 1.29 is 23.5 Å². The number of carbonyl (C=O) groups excluding carboxylic acids is 1. The van der Waals surface area contributed by atoms with Gasteiger partial charge in [-0.3, -0.25) is 4.79 Å². The fourth-order valence-corrected chi connectivity index (χ4v) is 2.93. The van der Waals surface area contributed by atoms with Gasteiger partial charge in [-0.05, 0) is 36.4 Å². The summed E-state index contributed by atoms with van der Waals surface area (Å²) in [7, 11) is 0. The summed E-state index contributed by atoms with van der Waals surface area (Å²) in [6.07, 6.45) is 0. The van der Waals surface area contributed by atoms with Crippen LogP contribution in [0.2, 0.25) is 10.0 Å². The first-order valence-corrected chi connectivity index (χ1v) is 9.02. The van der Waals surface area contributed by atoms with Gasteiger partial charge in [0.15, 0.2) is 17.3 Å². The summed E-state index contributed by atoms with van der Waals surface area (Å²) in [4.78, 5) is 12.0. The number of nitrogens with zero attached hydrogens (tertiary/aromatic N) is 1. The number of hydrogen-bond donors (Lipinski definition) is 1. The molecule has 1 aliphatic rings. The number of rotatable bonds is 6. The van der Waals surface area contributed by atoms with E-state index < -0.39 is 0 Å². The maximum atomic E-state index is 12.0. The number of benzene rings is 2. The molecule has 144 valence electrons. The SMILES string of the molecule is O=C(COCc1cc(-c2ccc3c(c2)OCO3)on1)Nc1cc(Cl)ccc1Cl. The molecule has 1 aromatic heterocycles. The van der Waals surface area contributed by atoms with E-state index in [4.69, 9.17) is 41.9 Å². The molecule has 7 nitrogen and oxygen atoms in total. The lowest BCUT2D eigenvalue weighted by Gasteiger charge is -2.07. The van der Waals surface area contributed by atoms with Gasteiger partial charge in [-0.15, -0.1) is 0 Å². The van der Waals surface area contributed by atoms with Gasteiger partial charge in [0, 0.05) is 16.7 Å². The summed E-state index contributed by atoms with van der Waals surface area (Å²) in [5, 5.41) is 7.46. The number of carbonyl (C=O) groups is 1. The Hall–Kier alpha value is -2.74. The molecule has 0 bridgehead atoms. The zero-order valence-corrected chi connectivity index (χ0v) is 15.9. The van der Waals surface area contributed by atoms with Crippen LogP contribution in [0.5, 0.6) is 11.5 Å². The van der Waals surface area contributed by atoms with E-state index in [1.165, 1.54) is 0 Å². The Bertz CT molecular complexity index is 1020. The van der Waals surface area contributed by atoms with Crippen molar-refractivity contribution in [3.8, 4) is 22.8 Å². The average Bonchev–Trinajstić information content (AvgIpc) is 3.33. The van der Waals surface area contributed by atoms with Crippen LogP contribution in [0.3, 0.4) is 0 Å². The lowest BCUT2D eigenvalue weighted by molar-refractivity contribution is -0.121. The lowest BCUT2D eigenvalue weighted by Crippen LogP contribution is -2.18. The van der Waals surface area contributed by atoms with Gasteiger partial charge >= 0.3 is 0 Å². The van der Waals surface area contributed by atoms with Crippen LogP contribution < -0.4 is 14.8 Å². The van der Waals surface area contributed by atoms with Gasteiger partial charge in [0.05, 0.1) is 17.3 Å². The Morgan fingerprint density at radius 1 is 1.11 bits per heavy atom. The molecule has 0 saturated heterocycles. The average molecular weight is 421 g/mol. The highest BCUT2D eigenvalue weighted by Crippen LogP contribution is 2.36. The Kier molecular flexibility index (Phi) is 5.38. The van der Waals surface area contributed by atoms with E-state index in [-0.39, 0.29) is 25.9 Å². The van der Waals surface area contributed by atoms with Gasteiger partial charge < -0.3 is 24.1 Å². The van der Waals surface area contributed by atoms with Crippen LogP contribution in [0.25, 0.3) is 11.3 Å². The Labute approximate surface area is 170 Å². The Morgan fingerprint density at radius 3 is 2.86 bits per heavy atom. The lowest BCUT2D eigenvalue weighted by atomic mass is 10.1. The topological polar surface area (TPSA) is 82.8 Å². The van der Waals surface area contributed by atoms with Gasteiger partial charge in [-0.1, -0.05) is 28.4 Å². The van der Waals surface area contributed by atoms with Crippen molar-refractivity contribution in [2.24, 2.45) is 0 Å². The second-order valence-electron chi connectivity index (χ2n) is 5.92. The molecule has 28 heavy (non-hydrogen) atoms. The number of nitrogens with one attached hydrogen (secondary N) is 1. The van der Waals surface area contributed by atoms with E-state index in [2.05, 4.69) is 10.5 Å². The second kappa shape index (κ2) is 8.10. The van der Waals surface area contributed by atoms with Crippen molar-refractivity contribution in [2.75, 3.05) is 18.7 Å². The van der Waals surface area contributed by atoms with Gasteiger partial charge in [-0.25, -0.2) is 0 Å². The third kappa shape index (κ3) is 4.22. The quantitative estimate of drug-likeness (QED) is 0.630. The fourth-order valence-electron chi connectivity index (χ4n) is 2.59. The van der Waals surface area contributed by atoms with Crippen LogP contribution in [0.1, 0.15) is 5.69 Å². The molecule has 3 aromatic rings. The molecule has 0 spiro atoms. The van der Waals surface area contributed by atoms with Gasteiger partial charge in [0.2, 0.25) is 12.7 Å². The van der Waals surface area contributed by atoms with E-state index in [0.29, 0.717) is 38.7 Å². The van der Waals surface area contributed by atoms with Crippen LogP contribution in [-0.2, 0) is 16.1 Å². The van der Waals surface area contributed by atoms with E-state index in [9.17, 15) is 4.79 Å². The van der Waals surface area contributed by atoms with E-state index in [0.717, 1.165) is 5.56 Å². The predicted octanol–water partition coefficient (Wildman–Crippen LogP) is 4.53. The first-order valence-electron chi connectivity index (χ1n) is 8.27. The van der Waals surface area contributed by atoms with E-state index in [1.807, 2.05) is 18.2 Å². The normalized spacial score (nSPS) is 12.2. The Balaban J connectivity index is 1.31. The third-order valence-corrected chi connectivity index (χ3v) is 4.47. The second-order valence-corrected chi connectivity index (χ2v) is 6.76. The molecule has 9 heteroatoms. The minimum Gasteiger partial charge on any atom is -0.454 e. The number of aromatic nitrogens is 1. The number of amides is 1. The minimum absolute atomic E-state index is 0.116. The molecule has 0 atom stereocenters. The zero-order chi connectivity index (χ0) is 19.5. The van der Waals surface area contributed by atoms with Crippen LogP contribution >= 0.6 is 23.2 Å². The third-order valence-electron chi connectivity index (χ3n) is 3.90. The largest absolute Gasteiger partial charge is 0.454 e. The standard InChI is InChI=1S/C19H14Cl2N2O5/c20-12-2-3-14(21)15(6-12)22-19(24)9-25-8-13-7-17(28-23-13)11-1-4-16-18(5-11)27-10-26-16/h1-7H,8-10H2,(H,22,24). The van der Waals surface area contributed by atoms with E-state index >= 15 is 0 Å². The van der Waals surface area contributed by atoms with Crippen molar-refractivity contribution in [1.82, 2.24) is 5.16 Å². The summed E-state index contributed by atoms with van der Waals surface area (Å²) in [6, 6.07) is 12.0. The minimum atomic E-state index is -0.358. The van der Waals surface area contributed by atoms with Crippen LogP contribution in [0.15, 0.2) is 47.0 Å². The van der Waals surface area contributed by atoms with Crippen LogP contribution in [0, 0.1) is 0 Å². The van der Waals surface area contributed by atoms with Crippen molar-refractivity contribution in [3.63, 3.8) is 0 Å². The maximum absolute atomic E-state index is 12.0. The van der Waals surface area contributed by atoms with Gasteiger partial charge in [0.25, 0.3) is 0 Å². The maximum Gasteiger partial charge on any atom is 0.250 e. The summed E-state index contributed by atoms with van der Waals surface area (Å²) < 4.78 is 21.4. The molecule has 4 rings (SSSR count). The first kappa shape index (κ1) is 18.6. The summed E-state index contributed by atoms with van der Waals surface area (Å²) >= 11 is 11.9. The number of ether oxygens (including phenoxy) is 3. The molecule has 0 saturated carbocycles. The highest BCUT2D eigenvalue weighted by atomic mass is 35.5. The number of hydrogen-bond acceptors (Lipinski definition) is 6. The molecular weight excluding hydrogens is 407 g/mol. The first-order chi connectivity index (χ1) is 13.6. The number of fused-ring (bicyclic) bond motifs is 1. The fraction of sp³-hybridized carbons (Fsp3) is 0.158. The summed E-state index contributed by atoms with van der Waals surface area (Å²) in [5.41, 5.74) is 1.78. The molecule has 0 radical (unpaired) electrons. The molecule has 1 amide bonds. The Morgan fingerprint density at radius 2 is 1.96 bits per heavy atom. The van der Waals surface area contributed by atoms with Gasteiger partial charge in [-0.2, -0.15) is 0 Å². The molecule has 2 heterocycles. The molecule has 2 aromatic carbocycles. The zero-order valence-electron chi connectivity index (χ0n) is 14.4. The highest BCUT2D eigenvalue weighted by Gasteiger charge is 2.16. The summed E-state index contributed by atoms with van der Waals surface area (Å²) in [6.45, 7) is 0.149. The van der Waals surface area contributed by atoms with Crippen molar-refractivity contribution in [2.45, 2.75) is 6.61 Å². The van der Waals surface area contributed by atoms with Crippen molar-refractivity contribution in [1.29, 1.82) is 0 Å². The molecule has 1 N–H and O–H groups in total. The van der Waals surface area contributed by atoms with Crippen molar-refractivity contribution in [3.05, 3.63) is 58.2 Å².